The molecule has 1 rings (SSSR count). The predicted octanol–water partition coefficient (Wildman–Crippen LogP) is 1.08. The standard InChI is InChI=1S/C12H22N6.HI/c1-9(2)6-14-11(13)15-7-10-8-16-12(17(3)4)18(10)5;/h8H,1,6-7H2,2-5H3,(H3,13,14,15);1H. The van der Waals surface area contributed by atoms with Crippen molar-refractivity contribution < 1.29 is 0 Å². The summed E-state index contributed by atoms with van der Waals surface area (Å²) in [6.07, 6.45) is 1.81. The molecule has 7 heteroatoms. The van der Waals surface area contributed by atoms with Crippen LogP contribution in [0, 0.1) is 0 Å². The van der Waals surface area contributed by atoms with Crippen LogP contribution in [0.4, 0.5) is 5.95 Å². The van der Waals surface area contributed by atoms with Gasteiger partial charge in [0, 0.05) is 27.7 Å². The van der Waals surface area contributed by atoms with E-state index >= 15 is 0 Å². The highest BCUT2D eigenvalue weighted by atomic mass is 127. The van der Waals surface area contributed by atoms with Crippen LogP contribution in [0.3, 0.4) is 0 Å². The average molecular weight is 378 g/mol. The Labute approximate surface area is 131 Å². The highest BCUT2D eigenvalue weighted by molar-refractivity contribution is 14.0. The summed E-state index contributed by atoms with van der Waals surface area (Å²) in [6, 6.07) is 0. The van der Waals surface area contributed by atoms with E-state index in [9.17, 15) is 0 Å². The van der Waals surface area contributed by atoms with Crippen LogP contribution >= 0.6 is 24.0 Å². The molecule has 0 spiro atoms. The Morgan fingerprint density at radius 3 is 2.68 bits per heavy atom. The summed E-state index contributed by atoms with van der Waals surface area (Å²) in [5.74, 6) is 1.32. The minimum absolute atomic E-state index is 0. The van der Waals surface area contributed by atoms with E-state index < -0.39 is 0 Å². The van der Waals surface area contributed by atoms with Crippen molar-refractivity contribution in [1.82, 2.24) is 14.9 Å². The lowest BCUT2D eigenvalue weighted by Gasteiger charge is -2.12. The largest absolute Gasteiger partial charge is 0.370 e. The predicted molar refractivity (Wildman–Crippen MR) is 91.1 cm³/mol. The molecule has 0 unspecified atom stereocenters. The first-order chi connectivity index (χ1) is 8.41. The molecule has 0 fully saturated rings. The van der Waals surface area contributed by atoms with Gasteiger partial charge in [-0.25, -0.2) is 9.98 Å². The van der Waals surface area contributed by atoms with Gasteiger partial charge in [-0.15, -0.1) is 24.0 Å². The zero-order chi connectivity index (χ0) is 13.7. The van der Waals surface area contributed by atoms with Crippen molar-refractivity contribution in [2.45, 2.75) is 13.5 Å². The number of hydrogen-bond donors (Lipinski definition) is 2. The fourth-order valence-corrected chi connectivity index (χ4v) is 1.46. The molecule has 1 aromatic heterocycles. The van der Waals surface area contributed by atoms with Crippen molar-refractivity contribution >= 4 is 35.9 Å². The maximum atomic E-state index is 5.74. The molecule has 19 heavy (non-hydrogen) atoms. The quantitative estimate of drug-likeness (QED) is 0.348. The number of aliphatic imine (C=N–C) groups is 1. The number of halogens is 1. The normalized spacial score (nSPS) is 10.8. The van der Waals surface area contributed by atoms with E-state index in [1.807, 2.05) is 43.7 Å². The average Bonchev–Trinajstić information content (AvgIpc) is 2.65. The van der Waals surface area contributed by atoms with Crippen LogP contribution in [0.2, 0.25) is 0 Å². The third kappa shape index (κ3) is 5.50. The molecule has 0 amide bonds. The molecule has 0 atom stereocenters. The molecule has 1 aromatic rings. The van der Waals surface area contributed by atoms with E-state index in [4.69, 9.17) is 5.73 Å². The third-order valence-corrected chi connectivity index (χ3v) is 2.44. The van der Waals surface area contributed by atoms with Crippen molar-refractivity contribution in [3.63, 3.8) is 0 Å². The number of nitrogens with one attached hydrogen (secondary N) is 1. The van der Waals surface area contributed by atoms with Crippen LogP contribution in [-0.4, -0.2) is 36.2 Å². The van der Waals surface area contributed by atoms with Gasteiger partial charge in [-0.2, -0.15) is 0 Å². The molecule has 0 saturated carbocycles. The SMILES string of the molecule is C=C(C)CNC(N)=NCc1cnc(N(C)C)n1C.I. The van der Waals surface area contributed by atoms with Gasteiger partial charge in [0.25, 0.3) is 0 Å². The molecule has 108 valence electrons. The molecule has 3 N–H and O–H groups in total. The van der Waals surface area contributed by atoms with Crippen molar-refractivity contribution in [3.05, 3.63) is 24.0 Å². The number of aromatic nitrogens is 2. The van der Waals surface area contributed by atoms with Crippen molar-refractivity contribution in [1.29, 1.82) is 0 Å². The van der Waals surface area contributed by atoms with Crippen LogP contribution in [0.25, 0.3) is 0 Å². The van der Waals surface area contributed by atoms with Gasteiger partial charge >= 0.3 is 0 Å². The highest BCUT2D eigenvalue weighted by Crippen LogP contribution is 2.11. The van der Waals surface area contributed by atoms with Gasteiger partial charge in [-0.3, -0.25) is 0 Å². The van der Waals surface area contributed by atoms with Gasteiger partial charge in [0.15, 0.2) is 5.96 Å². The Kier molecular flexibility index (Phi) is 7.50. The Morgan fingerprint density at radius 2 is 2.21 bits per heavy atom. The maximum Gasteiger partial charge on any atom is 0.204 e. The van der Waals surface area contributed by atoms with Crippen LogP contribution in [0.1, 0.15) is 12.6 Å². The lowest BCUT2D eigenvalue weighted by molar-refractivity contribution is 0.797. The second-order valence-corrected chi connectivity index (χ2v) is 4.52. The summed E-state index contributed by atoms with van der Waals surface area (Å²) in [5.41, 5.74) is 7.77. The Hall–Kier alpha value is -1.25. The molecule has 0 aliphatic rings. The molecular formula is C12H23IN6. The highest BCUT2D eigenvalue weighted by Gasteiger charge is 2.07. The second-order valence-electron chi connectivity index (χ2n) is 4.52. The van der Waals surface area contributed by atoms with Crippen LogP contribution in [0.5, 0.6) is 0 Å². The summed E-state index contributed by atoms with van der Waals surface area (Å²) < 4.78 is 2.00. The number of rotatable bonds is 5. The first-order valence-corrected chi connectivity index (χ1v) is 5.78. The van der Waals surface area contributed by atoms with E-state index in [0.29, 0.717) is 19.0 Å². The molecule has 0 radical (unpaired) electrons. The lowest BCUT2D eigenvalue weighted by Crippen LogP contribution is -2.32. The van der Waals surface area contributed by atoms with E-state index in [0.717, 1.165) is 17.2 Å². The Bertz CT molecular complexity index is 449. The Morgan fingerprint density at radius 1 is 1.58 bits per heavy atom. The molecule has 6 nitrogen and oxygen atoms in total. The monoisotopic (exact) mass is 378 g/mol. The van der Waals surface area contributed by atoms with Crippen LogP contribution < -0.4 is 16.0 Å². The number of nitrogens with two attached hydrogens (primary N) is 1. The van der Waals surface area contributed by atoms with Gasteiger partial charge in [0.05, 0.1) is 18.4 Å². The van der Waals surface area contributed by atoms with E-state index in [1.165, 1.54) is 0 Å². The number of anilines is 1. The summed E-state index contributed by atoms with van der Waals surface area (Å²) in [6.45, 7) is 6.87. The van der Waals surface area contributed by atoms with E-state index in [1.54, 1.807) is 0 Å². The fraction of sp³-hybridized carbons (Fsp3) is 0.500. The molecule has 0 aliphatic carbocycles. The van der Waals surface area contributed by atoms with Crippen molar-refractivity contribution in [2.24, 2.45) is 17.8 Å². The van der Waals surface area contributed by atoms with Gasteiger partial charge in [0.2, 0.25) is 5.95 Å². The minimum atomic E-state index is 0. The smallest absolute Gasteiger partial charge is 0.204 e. The van der Waals surface area contributed by atoms with Gasteiger partial charge < -0.3 is 20.5 Å². The van der Waals surface area contributed by atoms with Crippen molar-refractivity contribution in [2.75, 3.05) is 25.5 Å². The topological polar surface area (TPSA) is 71.5 Å². The first-order valence-electron chi connectivity index (χ1n) is 5.78. The molecular weight excluding hydrogens is 355 g/mol. The van der Waals surface area contributed by atoms with Crippen LogP contribution in [-0.2, 0) is 13.6 Å². The third-order valence-electron chi connectivity index (χ3n) is 2.44. The van der Waals surface area contributed by atoms with E-state index in [2.05, 4.69) is 21.9 Å². The zero-order valence-corrected chi connectivity index (χ0v) is 14.3. The number of nitrogens with zero attached hydrogens (tertiary/aromatic N) is 4. The minimum Gasteiger partial charge on any atom is -0.370 e. The summed E-state index contributed by atoms with van der Waals surface area (Å²) in [7, 11) is 5.88. The number of guanidine groups is 1. The lowest BCUT2D eigenvalue weighted by atomic mass is 10.3. The number of hydrogen-bond acceptors (Lipinski definition) is 3. The van der Waals surface area contributed by atoms with Crippen LogP contribution in [0.15, 0.2) is 23.3 Å². The second kappa shape index (κ2) is 8.03. The molecule has 1 heterocycles. The summed E-state index contributed by atoms with van der Waals surface area (Å²) in [5, 5.41) is 2.99. The Balaban J connectivity index is 0.00000324. The molecule has 0 bridgehead atoms. The fourth-order valence-electron chi connectivity index (χ4n) is 1.46. The van der Waals surface area contributed by atoms with Gasteiger partial charge in [-0.05, 0) is 6.92 Å². The van der Waals surface area contributed by atoms with Gasteiger partial charge in [-0.1, -0.05) is 12.2 Å². The molecule has 0 saturated heterocycles. The summed E-state index contributed by atoms with van der Waals surface area (Å²) in [4.78, 5) is 10.5. The van der Waals surface area contributed by atoms with Crippen molar-refractivity contribution in [3.8, 4) is 0 Å². The molecule has 0 aromatic carbocycles. The van der Waals surface area contributed by atoms with Gasteiger partial charge in [0.1, 0.15) is 0 Å². The molecule has 0 aliphatic heterocycles. The first kappa shape index (κ1) is 17.8. The zero-order valence-electron chi connectivity index (χ0n) is 12.0. The summed E-state index contributed by atoms with van der Waals surface area (Å²) >= 11 is 0. The maximum absolute atomic E-state index is 5.74. The van der Waals surface area contributed by atoms with E-state index in [-0.39, 0.29) is 24.0 Å². The number of imidazole rings is 1.